The fourth-order valence-corrected chi connectivity index (χ4v) is 3.54. The van der Waals surface area contributed by atoms with Gasteiger partial charge in [-0.2, -0.15) is 0 Å². The molecular formula is C16H13N3O2S. The summed E-state index contributed by atoms with van der Waals surface area (Å²) in [5, 5.41) is 2.94. The second kappa shape index (κ2) is 4.99. The Hall–Kier alpha value is -2.60. The molecule has 1 aromatic carbocycles. The minimum absolute atomic E-state index is 0.214. The van der Waals surface area contributed by atoms with Crippen LogP contribution in [0.1, 0.15) is 5.56 Å². The summed E-state index contributed by atoms with van der Waals surface area (Å²) in [4.78, 5) is 30.4. The predicted molar refractivity (Wildman–Crippen MR) is 88.7 cm³/mol. The van der Waals surface area contributed by atoms with Crippen molar-refractivity contribution in [3.8, 4) is 0 Å². The van der Waals surface area contributed by atoms with Crippen molar-refractivity contribution in [3.63, 3.8) is 0 Å². The van der Waals surface area contributed by atoms with Crippen molar-refractivity contribution in [2.45, 2.75) is 13.0 Å². The Bertz CT molecular complexity index is 1080. The topological polar surface area (TPSA) is 70.7 Å². The first-order chi connectivity index (χ1) is 10.7. The molecular weight excluding hydrogens is 298 g/mol. The predicted octanol–water partition coefficient (Wildman–Crippen LogP) is 2.48. The van der Waals surface area contributed by atoms with Crippen molar-refractivity contribution in [2.24, 2.45) is 0 Å². The van der Waals surface area contributed by atoms with Crippen LogP contribution in [0.3, 0.4) is 0 Å². The third-order valence-electron chi connectivity index (χ3n) is 3.87. The quantitative estimate of drug-likeness (QED) is 0.610. The molecule has 6 heteroatoms. The number of fused-ring (bicyclic) bond motifs is 2. The van der Waals surface area contributed by atoms with Crippen LogP contribution in [0.25, 0.3) is 21.1 Å². The first-order valence-corrected chi connectivity index (χ1v) is 7.87. The highest BCUT2D eigenvalue weighted by molar-refractivity contribution is 7.17. The van der Waals surface area contributed by atoms with Gasteiger partial charge in [0.15, 0.2) is 0 Å². The van der Waals surface area contributed by atoms with Crippen molar-refractivity contribution in [1.82, 2.24) is 14.5 Å². The van der Waals surface area contributed by atoms with E-state index in [2.05, 4.69) is 9.97 Å². The molecule has 3 aromatic heterocycles. The second-order valence-electron chi connectivity index (χ2n) is 5.16. The molecule has 5 nitrogen and oxygen atoms in total. The van der Waals surface area contributed by atoms with E-state index in [0.29, 0.717) is 23.2 Å². The van der Waals surface area contributed by atoms with Crippen molar-refractivity contribution in [1.29, 1.82) is 0 Å². The van der Waals surface area contributed by atoms with Gasteiger partial charge >= 0.3 is 5.69 Å². The number of aryl methyl sites for hydroxylation is 1. The van der Waals surface area contributed by atoms with Crippen LogP contribution in [0, 0.1) is 0 Å². The fraction of sp³-hybridized carbons (Fsp3) is 0.125. The first-order valence-electron chi connectivity index (χ1n) is 6.99. The van der Waals surface area contributed by atoms with Crippen LogP contribution in [0.5, 0.6) is 0 Å². The molecule has 0 fully saturated rings. The summed E-state index contributed by atoms with van der Waals surface area (Å²) in [6.45, 7) is 0.365. The third-order valence-corrected chi connectivity index (χ3v) is 4.77. The highest BCUT2D eigenvalue weighted by Crippen LogP contribution is 2.18. The molecule has 0 radical (unpaired) electrons. The van der Waals surface area contributed by atoms with Crippen LogP contribution in [-0.2, 0) is 13.0 Å². The van der Waals surface area contributed by atoms with Crippen molar-refractivity contribution >= 4 is 32.5 Å². The molecule has 3 heterocycles. The smallest absolute Gasteiger partial charge is 0.328 e. The van der Waals surface area contributed by atoms with Gasteiger partial charge < -0.3 is 9.97 Å². The summed E-state index contributed by atoms with van der Waals surface area (Å²) < 4.78 is 1.87. The molecule has 0 spiro atoms. The Kier molecular flexibility index (Phi) is 2.97. The number of thiophene rings is 1. The van der Waals surface area contributed by atoms with Crippen LogP contribution in [0.2, 0.25) is 0 Å². The van der Waals surface area contributed by atoms with E-state index in [1.54, 1.807) is 6.07 Å². The van der Waals surface area contributed by atoms with E-state index in [1.165, 1.54) is 15.9 Å². The fourth-order valence-electron chi connectivity index (χ4n) is 2.74. The minimum Gasteiger partial charge on any atom is -0.361 e. The SMILES string of the molecule is O=c1[nH]c2ccsc2c(=O)n1CCc1c[nH]c2ccccc12. The minimum atomic E-state index is -0.351. The van der Waals surface area contributed by atoms with Gasteiger partial charge in [-0.15, -0.1) is 11.3 Å². The monoisotopic (exact) mass is 311 g/mol. The molecule has 0 amide bonds. The second-order valence-corrected chi connectivity index (χ2v) is 6.08. The molecule has 2 N–H and O–H groups in total. The van der Waals surface area contributed by atoms with Gasteiger partial charge in [0.2, 0.25) is 0 Å². The Morgan fingerprint density at radius 2 is 1.95 bits per heavy atom. The molecule has 0 aliphatic rings. The first kappa shape index (κ1) is 13.1. The van der Waals surface area contributed by atoms with Gasteiger partial charge in [0, 0.05) is 23.6 Å². The lowest BCUT2D eigenvalue weighted by atomic mass is 10.1. The highest BCUT2D eigenvalue weighted by atomic mass is 32.1. The van der Waals surface area contributed by atoms with E-state index in [-0.39, 0.29) is 11.2 Å². The molecule has 4 rings (SSSR count). The molecule has 0 saturated carbocycles. The lowest BCUT2D eigenvalue weighted by Crippen LogP contribution is -2.35. The third kappa shape index (κ3) is 2.00. The van der Waals surface area contributed by atoms with Crippen LogP contribution in [0.4, 0.5) is 0 Å². The molecule has 4 aromatic rings. The Morgan fingerprint density at radius 1 is 1.09 bits per heavy atom. The maximum Gasteiger partial charge on any atom is 0.328 e. The van der Waals surface area contributed by atoms with Crippen molar-refractivity contribution in [2.75, 3.05) is 0 Å². The summed E-state index contributed by atoms with van der Waals surface area (Å²) in [5.41, 5.74) is 2.22. The normalized spacial score (nSPS) is 11.5. The summed E-state index contributed by atoms with van der Waals surface area (Å²) in [7, 11) is 0. The number of rotatable bonds is 3. The van der Waals surface area contributed by atoms with E-state index in [4.69, 9.17) is 0 Å². The van der Waals surface area contributed by atoms with Gasteiger partial charge in [-0.1, -0.05) is 18.2 Å². The van der Waals surface area contributed by atoms with Crippen molar-refractivity contribution < 1.29 is 0 Å². The molecule has 0 atom stereocenters. The molecule has 110 valence electrons. The average molecular weight is 311 g/mol. The molecule has 0 unspecified atom stereocenters. The molecule has 0 aliphatic carbocycles. The number of hydrogen-bond acceptors (Lipinski definition) is 3. The zero-order valence-corrected chi connectivity index (χ0v) is 12.4. The van der Waals surface area contributed by atoms with E-state index in [1.807, 2.05) is 35.8 Å². The number of H-pyrrole nitrogens is 2. The van der Waals surface area contributed by atoms with Gasteiger partial charge in [-0.25, -0.2) is 4.79 Å². The molecule has 0 aliphatic heterocycles. The van der Waals surface area contributed by atoms with E-state index in [9.17, 15) is 9.59 Å². The van der Waals surface area contributed by atoms with Gasteiger partial charge in [-0.05, 0) is 29.5 Å². The van der Waals surface area contributed by atoms with Crippen LogP contribution < -0.4 is 11.2 Å². The maximum absolute atomic E-state index is 12.4. The highest BCUT2D eigenvalue weighted by Gasteiger charge is 2.10. The zero-order valence-electron chi connectivity index (χ0n) is 11.6. The lowest BCUT2D eigenvalue weighted by molar-refractivity contribution is 0.639. The molecule has 22 heavy (non-hydrogen) atoms. The summed E-state index contributed by atoms with van der Waals surface area (Å²) in [6, 6.07) is 9.76. The molecule has 0 saturated heterocycles. The van der Waals surface area contributed by atoms with Gasteiger partial charge in [-0.3, -0.25) is 9.36 Å². The summed E-state index contributed by atoms with van der Waals surface area (Å²) in [6.07, 6.45) is 2.57. The van der Waals surface area contributed by atoms with Gasteiger partial charge in [0.1, 0.15) is 4.70 Å². The van der Waals surface area contributed by atoms with Crippen LogP contribution in [0.15, 0.2) is 51.5 Å². The number of hydrogen-bond donors (Lipinski definition) is 2. The Labute approximate surface area is 128 Å². The zero-order chi connectivity index (χ0) is 15.1. The van der Waals surface area contributed by atoms with Crippen LogP contribution >= 0.6 is 11.3 Å². The largest absolute Gasteiger partial charge is 0.361 e. The van der Waals surface area contributed by atoms with Gasteiger partial charge in [0.05, 0.1) is 5.52 Å². The van der Waals surface area contributed by atoms with Gasteiger partial charge in [0.25, 0.3) is 5.56 Å². The Balaban J connectivity index is 1.72. The number of nitrogens with one attached hydrogen (secondary N) is 2. The Morgan fingerprint density at radius 3 is 2.86 bits per heavy atom. The standard InChI is InChI=1S/C16H13N3O2S/c20-15-14-13(6-8-22-14)18-16(21)19(15)7-5-10-9-17-12-4-2-1-3-11(10)12/h1-4,6,8-9,17H,5,7H2,(H,18,21). The van der Waals surface area contributed by atoms with E-state index >= 15 is 0 Å². The van der Waals surface area contributed by atoms with E-state index < -0.39 is 0 Å². The number of aromatic amines is 2. The average Bonchev–Trinajstić information content (AvgIpc) is 3.14. The number of aromatic nitrogens is 3. The number of benzene rings is 1. The summed E-state index contributed by atoms with van der Waals surface area (Å²) in [5.74, 6) is 0. The van der Waals surface area contributed by atoms with E-state index in [0.717, 1.165) is 16.5 Å². The summed E-state index contributed by atoms with van der Waals surface area (Å²) >= 11 is 1.35. The lowest BCUT2D eigenvalue weighted by Gasteiger charge is -2.04. The number of nitrogens with zero attached hydrogens (tertiary/aromatic N) is 1. The number of para-hydroxylation sites is 1. The maximum atomic E-state index is 12.4. The molecule has 0 bridgehead atoms. The van der Waals surface area contributed by atoms with Crippen LogP contribution in [-0.4, -0.2) is 14.5 Å². The van der Waals surface area contributed by atoms with Crippen molar-refractivity contribution in [3.05, 3.63) is 68.3 Å².